The fraction of sp³-hybridized carbons (Fsp3) is 0.778. The standard InChI is InChI=1S/C9H15NO4/c1-9(2,3)14-8(12)10-6-4-13-5-7(6)11/h6H,4-5H2,1-3H3,(H,10,12). The van der Waals surface area contributed by atoms with Gasteiger partial charge in [0.1, 0.15) is 18.2 Å². The Kier molecular flexibility index (Phi) is 3.10. The molecule has 1 fully saturated rings. The van der Waals surface area contributed by atoms with Crippen LogP contribution in [0.3, 0.4) is 0 Å². The molecule has 0 aliphatic carbocycles. The zero-order valence-corrected chi connectivity index (χ0v) is 8.62. The lowest BCUT2D eigenvalue weighted by Crippen LogP contribution is -2.42. The summed E-state index contributed by atoms with van der Waals surface area (Å²) in [6, 6.07) is -0.551. The number of rotatable bonds is 1. The first-order valence-corrected chi connectivity index (χ1v) is 4.48. The monoisotopic (exact) mass is 201 g/mol. The number of ether oxygens (including phenoxy) is 2. The van der Waals surface area contributed by atoms with Crippen molar-refractivity contribution < 1.29 is 19.1 Å². The van der Waals surface area contributed by atoms with Crippen LogP contribution in [0.5, 0.6) is 0 Å². The van der Waals surface area contributed by atoms with Gasteiger partial charge in [0, 0.05) is 0 Å². The van der Waals surface area contributed by atoms with E-state index in [2.05, 4.69) is 5.32 Å². The van der Waals surface area contributed by atoms with Crippen molar-refractivity contribution in [3.63, 3.8) is 0 Å². The molecule has 1 rings (SSSR count). The Morgan fingerprint density at radius 3 is 2.64 bits per heavy atom. The fourth-order valence-corrected chi connectivity index (χ4v) is 1.04. The molecule has 1 saturated heterocycles. The van der Waals surface area contributed by atoms with Crippen LogP contribution < -0.4 is 5.32 Å². The minimum absolute atomic E-state index is 0.0699. The summed E-state index contributed by atoms with van der Waals surface area (Å²) in [5.41, 5.74) is -0.549. The summed E-state index contributed by atoms with van der Waals surface area (Å²) in [4.78, 5) is 22.3. The Hall–Kier alpha value is -1.10. The molecule has 14 heavy (non-hydrogen) atoms. The van der Waals surface area contributed by atoms with Crippen molar-refractivity contribution in [2.45, 2.75) is 32.4 Å². The summed E-state index contributed by atoms with van der Waals surface area (Å²) in [6.45, 7) is 5.59. The SMILES string of the molecule is CC(C)(C)OC(=O)NC1COCC1=O. The molecular weight excluding hydrogens is 186 g/mol. The Bertz CT molecular complexity index is 244. The predicted molar refractivity (Wildman–Crippen MR) is 49.0 cm³/mol. The van der Waals surface area contributed by atoms with Crippen LogP contribution in [0.2, 0.25) is 0 Å². The van der Waals surface area contributed by atoms with Gasteiger partial charge in [-0.15, -0.1) is 0 Å². The molecular formula is C9H15NO4. The Labute approximate surface area is 82.8 Å². The molecule has 80 valence electrons. The van der Waals surface area contributed by atoms with Gasteiger partial charge in [-0.2, -0.15) is 0 Å². The van der Waals surface area contributed by atoms with Gasteiger partial charge in [0.15, 0.2) is 5.78 Å². The Balaban J connectivity index is 2.37. The summed E-state index contributed by atoms with van der Waals surface area (Å²) in [5.74, 6) is -0.115. The van der Waals surface area contributed by atoms with Gasteiger partial charge in [0.05, 0.1) is 6.61 Å². The van der Waals surface area contributed by atoms with Crippen LogP contribution >= 0.6 is 0 Å². The summed E-state index contributed by atoms with van der Waals surface area (Å²) < 4.78 is 9.87. The molecule has 0 saturated carbocycles. The molecule has 1 unspecified atom stereocenters. The van der Waals surface area contributed by atoms with Crippen molar-refractivity contribution in [2.24, 2.45) is 0 Å². The highest BCUT2D eigenvalue weighted by molar-refractivity contribution is 5.89. The van der Waals surface area contributed by atoms with E-state index in [0.717, 1.165) is 0 Å². The minimum atomic E-state index is -0.582. The number of carbonyl (C=O) groups excluding carboxylic acids is 2. The highest BCUT2D eigenvalue weighted by atomic mass is 16.6. The lowest BCUT2D eigenvalue weighted by atomic mass is 10.2. The van der Waals surface area contributed by atoms with Gasteiger partial charge in [-0.3, -0.25) is 4.79 Å². The average Bonchev–Trinajstić information content (AvgIpc) is 2.32. The summed E-state index contributed by atoms with van der Waals surface area (Å²) in [7, 11) is 0. The van der Waals surface area contributed by atoms with E-state index in [-0.39, 0.29) is 19.0 Å². The molecule has 1 aliphatic rings. The molecule has 0 spiro atoms. The van der Waals surface area contributed by atoms with Crippen molar-refractivity contribution in [1.82, 2.24) is 5.32 Å². The molecule has 0 aromatic carbocycles. The van der Waals surface area contributed by atoms with Gasteiger partial charge in [0.2, 0.25) is 0 Å². The number of ketones is 1. The number of carbonyl (C=O) groups is 2. The van der Waals surface area contributed by atoms with Crippen LogP contribution in [0.4, 0.5) is 4.79 Å². The second-order valence-electron chi connectivity index (χ2n) is 4.18. The zero-order valence-electron chi connectivity index (χ0n) is 8.62. The predicted octanol–water partition coefficient (Wildman–Crippen LogP) is 0.479. The van der Waals surface area contributed by atoms with E-state index < -0.39 is 17.7 Å². The molecule has 0 aromatic rings. The highest BCUT2D eigenvalue weighted by Gasteiger charge is 2.28. The highest BCUT2D eigenvalue weighted by Crippen LogP contribution is 2.07. The van der Waals surface area contributed by atoms with Gasteiger partial charge in [-0.1, -0.05) is 0 Å². The van der Waals surface area contributed by atoms with E-state index in [9.17, 15) is 9.59 Å². The Morgan fingerprint density at radius 1 is 1.57 bits per heavy atom. The largest absolute Gasteiger partial charge is 0.444 e. The molecule has 1 atom stereocenters. The van der Waals surface area contributed by atoms with Crippen LogP contribution in [0.15, 0.2) is 0 Å². The van der Waals surface area contributed by atoms with E-state index in [1.54, 1.807) is 20.8 Å². The van der Waals surface area contributed by atoms with Gasteiger partial charge in [0.25, 0.3) is 0 Å². The lowest BCUT2D eigenvalue weighted by Gasteiger charge is -2.20. The van der Waals surface area contributed by atoms with E-state index in [4.69, 9.17) is 9.47 Å². The maximum atomic E-state index is 11.2. The van der Waals surface area contributed by atoms with E-state index in [1.165, 1.54) is 0 Å². The molecule has 0 bridgehead atoms. The summed E-state index contributed by atoms with van der Waals surface area (Å²) >= 11 is 0. The number of amides is 1. The van der Waals surface area contributed by atoms with Crippen LogP contribution in [0.1, 0.15) is 20.8 Å². The number of hydrogen-bond acceptors (Lipinski definition) is 4. The van der Waals surface area contributed by atoms with Crippen LogP contribution in [0, 0.1) is 0 Å². The fourth-order valence-electron chi connectivity index (χ4n) is 1.04. The third-order valence-corrected chi connectivity index (χ3v) is 1.61. The summed E-state index contributed by atoms with van der Waals surface area (Å²) in [6.07, 6.45) is -0.582. The van der Waals surface area contributed by atoms with Gasteiger partial charge < -0.3 is 14.8 Å². The average molecular weight is 201 g/mol. The number of nitrogens with one attached hydrogen (secondary N) is 1. The van der Waals surface area contributed by atoms with E-state index >= 15 is 0 Å². The van der Waals surface area contributed by atoms with Crippen molar-refractivity contribution in [3.05, 3.63) is 0 Å². The molecule has 0 radical (unpaired) electrons. The zero-order chi connectivity index (χ0) is 10.8. The first-order chi connectivity index (χ1) is 6.38. The van der Waals surface area contributed by atoms with Gasteiger partial charge in [-0.25, -0.2) is 4.79 Å². The van der Waals surface area contributed by atoms with Crippen LogP contribution in [-0.2, 0) is 14.3 Å². The minimum Gasteiger partial charge on any atom is -0.444 e. The normalized spacial score (nSPS) is 22.2. The van der Waals surface area contributed by atoms with Crippen molar-refractivity contribution >= 4 is 11.9 Å². The lowest BCUT2D eigenvalue weighted by molar-refractivity contribution is -0.119. The molecule has 5 nitrogen and oxygen atoms in total. The van der Waals surface area contributed by atoms with E-state index in [1.807, 2.05) is 0 Å². The molecule has 0 aromatic heterocycles. The first kappa shape index (κ1) is 11.0. The van der Waals surface area contributed by atoms with E-state index in [0.29, 0.717) is 0 Å². The second-order valence-corrected chi connectivity index (χ2v) is 4.18. The van der Waals surface area contributed by atoms with Crippen LogP contribution in [-0.4, -0.2) is 36.7 Å². The third kappa shape index (κ3) is 3.33. The Morgan fingerprint density at radius 2 is 2.21 bits per heavy atom. The maximum Gasteiger partial charge on any atom is 0.408 e. The maximum absolute atomic E-state index is 11.2. The smallest absolute Gasteiger partial charge is 0.408 e. The van der Waals surface area contributed by atoms with Crippen molar-refractivity contribution in [1.29, 1.82) is 0 Å². The number of hydrogen-bond donors (Lipinski definition) is 1. The van der Waals surface area contributed by atoms with Crippen molar-refractivity contribution in [3.8, 4) is 0 Å². The quantitative estimate of drug-likeness (QED) is 0.670. The third-order valence-electron chi connectivity index (χ3n) is 1.61. The second kappa shape index (κ2) is 3.96. The molecule has 5 heteroatoms. The molecule has 1 N–H and O–H groups in total. The van der Waals surface area contributed by atoms with Crippen LogP contribution in [0.25, 0.3) is 0 Å². The topological polar surface area (TPSA) is 64.6 Å². The number of alkyl carbamates (subject to hydrolysis) is 1. The molecule has 1 heterocycles. The van der Waals surface area contributed by atoms with Gasteiger partial charge >= 0.3 is 6.09 Å². The summed E-state index contributed by atoms with van der Waals surface area (Å²) in [5, 5.41) is 2.45. The number of Topliss-reactive ketones (excluding diaryl/α,β-unsaturated/α-hetero) is 1. The van der Waals surface area contributed by atoms with Crippen molar-refractivity contribution in [2.75, 3.05) is 13.2 Å². The van der Waals surface area contributed by atoms with Gasteiger partial charge in [-0.05, 0) is 20.8 Å². The molecule has 1 aliphatic heterocycles. The first-order valence-electron chi connectivity index (χ1n) is 4.48. The molecule has 1 amide bonds.